The summed E-state index contributed by atoms with van der Waals surface area (Å²) in [5.74, 6) is 0. The van der Waals surface area contributed by atoms with E-state index in [0.717, 1.165) is 11.3 Å². The molecule has 16 heavy (non-hydrogen) atoms. The van der Waals surface area contributed by atoms with Gasteiger partial charge in [-0.25, -0.2) is 9.78 Å². The first-order chi connectivity index (χ1) is 7.66. The number of carbonyl (C=O) groups is 1. The molecule has 1 aromatic carbocycles. The van der Waals surface area contributed by atoms with E-state index in [1.165, 1.54) is 16.5 Å². The number of hydrogen-bond acceptors (Lipinski definition) is 2. The molecule has 0 saturated heterocycles. The summed E-state index contributed by atoms with van der Waals surface area (Å²) in [4.78, 5) is 15.5. The summed E-state index contributed by atoms with van der Waals surface area (Å²) in [6.07, 6.45) is 4.65. The average Bonchev–Trinajstić information content (AvgIpc) is 2.77. The molecule has 1 aromatic heterocycles. The van der Waals surface area contributed by atoms with Crippen LogP contribution in [0.2, 0.25) is 0 Å². The maximum absolute atomic E-state index is 11.7. The van der Waals surface area contributed by atoms with Gasteiger partial charge < -0.3 is 5.32 Å². The van der Waals surface area contributed by atoms with Crippen molar-refractivity contribution in [3.05, 3.63) is 48.0 Å². The Kier molecular flexibility index (Phi) is 2.72. The molecule has 4 heteroatoms. The Balaban J connectivity index is 2.15. The number of hydrogen-bond donors (Lipinski definition) is 1. The zero-order valence-corrected chi connectivity index (χ0v) is 9.27. The van der Waals surface area contributed by atoms with E-state index in [2.05, 4.69) is 10.3 Å². The fourth-order valence-electron chi connectivity index (χ4n) is 1.39. The van der Waals surface area contributed by atoms with Crippen molar-refractivity contribution in [2.45, 2.75) is 13.8 Å². The smallest absolute Gasteiger partial charge is 0.307 e. The van der Waals surface area contributed by atoms with E-state index in [0.29, 0.717) is 0 Å². The average molecular weight is 215 g/mol. The van der Waals surface area contributed by atoms with Crippen LogP contribution in [0.25, 0.3) is 0 Å². The van der Waals surface area contributed by atoms with Gasteiger partial charge in [-0.1, -0.05) is 6.07 Å². The van der Waals surface area contributed by atoms with E-state index >= 15 is 0 Å². The van der Waals surface area contributed by atoms with Crippen molar-refractivity contribution in [2.75, 3.05) is 5.32 Å². The summed E-state index contributed by atoms with van der Waals surface area (Å²) in [6, 6.07) is 5.61. The molecule has 0 atom stereocenters. The number of rotatable bonds is 1. The summed E-state index contributed by atoms with van der Waals surface area (Å²) in [6.45, 7) is 4.05. The molecule has 0 unspecified atom stereocenters. The van der Waals surface area contributed by atoms with Gasteiger partial charge in [-0.2, -0.15) is 0 Å². The number of nitrogens with zero attached hydrogens (tertiary/aromatic N) is 2. The third-order valence-electron chi connectivity index (χ3n) is 2.50. The number of anilines is 1. The van der Waals surface area contributed by atoms with Crippen LogP contribution in [-0.2, 0) is 0 Å². The monoisotopic (exact) mass is 215 g/mol. The van der Waals surface area contributed by atoms with Gasteiger partial charge in [-0.3, -0.25) is 4.57 Å². The van der Waals surface area contributed by atoms with Crippen molar-refractivity contribution < 1.29 is 4.79 Å². The van der Waals surface area contributed by atoms with Crippen molar-refractivity contribution >= 4 is 11.7 Å². The van der Waals surface area contributed by atoms with Crippen LogP contribution < -0.4 is 5.32 Å². The number of aromatic nitrogens is 2. The highest BCUT2D eigenvalue weighted by molar-refractivity contribution is 5.90. The zero-order valence-electron chi connectivity index (χ0n) is 9.27. The first-order valence-corrected chi connectivity index (χ1v) is 5.03. The van der Waals surface area contributed by atoms with Crippen molar-refractivity contribution in [3.8, 4) is 0 Å². The second kappa shape index (κ2) is 4.18. The van der Waals surface area contributed by atoms with Gasteiger partial charge in [-0.15, -0.1) is 0 Å². The Morgan fingerprint density at radius 1 is 1.31 bits per heavy atom. The summed E-state index contributed by atoms with van der Waals surface area (Å²) in [7, 11) is 0. The van der Waals surface area contributed by atoms with E-state index < -0.39 is 0 Å². The van der Waals surface area contributed by atoms with Crippen LogP contribution in [0.4, 0.5) is 10.5 Å². The van der Waals surface area contributed by atoms with Crippen molar-refractivity contribution in [2.24, 2.45) is 0 Å². The second-order valence-electron chi connectivity index (χ2n) is 3.70. The molecule has 0 fully saturated rings. The van der Waals surface area contributed by atoms with Crippen LogP contribution in [0.1, 0.15) is 11.1 Å². The molecule has 0 aliphatic carbocycles. The van der Waals surface area contributed by atoms with Crippen molar-refractivity contribution in [1.82, 2.24) is 9.55 Å². The molecule has 0 saturated carbocycles. The molecule has 0 spiro atoms. The Hall–Kier alpha value is -2.10. The van der Waals surface area contributed by atoms with Gasteiger partial charge in [0, 0.05) is 18.1 Å². The Bertz CT molecular complexity index is 503. The molecule has 1 amide bonds. The molecule has 0 aliphatic rings. The first kappa shape index (κ1) is 10.4. The van der Waals surface area contributed by atoms with Crippen LogP contribution in [0.5, 0.6) is 0 Å². The van der Waals surface area contributed by atoms with E-state index in [-0.39, 0.29) is 6.03 Å². The van der Waals surface area contributed by atoms with Crippen LogP contribution in [-0.4, -0.2) is 15.6 Å². The van der Waals surface area contributed by atoms with E-state index in [1.807, 2.05) is 32.0 Å². The van der Waals surface area contributed by atoms with E-state index in [1.54, 1.807) is 12.4 Å². The summed E-state index contributed by atoms with van der Waals surface area (Å²) >= 11 is 0. The first-order valence-electron chi connectivity index (χ1n) is 5.03. The molecule has 2 aromatic rings. The number of aryl methyl sites for hydroxylation is 2. The Morgan fingerprint density at radius 3 is 2.75 bits per heavy atom. The molecule has 4 nitrogen and oxygen atoms in total. The van der Waals surface area contributed by atoms with Crippen LogP contribution in [0.3, 0.4) is 0 Å². The number of carbonyl (C=O) groups excluding carboxylic acids is 1. The minimum absolute atomic E-state index is 0.208. The van der Waals surface area contributed by atoms with Crippen LogP contribution >= 0.6 is 0 Å². The fourth-order valence-corrected chi connectivity index (χ4v) is 1.39. The fraction of sp³-hybridized carbons (Fsp3) is 0.167. The lowest BCUT2D eigenvalue weighted by Crippen LogP contribution is -2.17. The van der Waals surface area contributed by atoms with Crippen LogP contribution in [0.15, 0.2) is 36.9 Å². The lowest BCUT2D eigenvalue weighted by atomic mass is 10.1. The summed E-state index contributed by atoms with van der Waals surface area (Å²) in [5.41, 5.74) is 3.16. The van der Waals surface area contributed by atoms with Crippen molar-refractivity contribution in [1.29, 1.82) is 0 Å². The van der Waals surface area contributed by atoms with E-state index in [9.17, 15) is 4.79 Å². The third-order valence-corrected chi connectivity index (χ3v) is 2.50. The normalized spacial score (nSPS) is 10.1. The minimum Gasteiger partial charge on any atom is -0.307 e. The standard InChI is InChI=1S/C12H13N3O/c1-9-3-4-11(7-10(9)2)14-12(16)15-6-5-13-8-15/h3-8H,1-2H3,(H,14,16). The molecule has 82 valence electrons. The van der Waals surface area contributed by atoms with Gasteiger partial charge in [0.15, 0.2) is 0 Å². The third kappa shape index (κ3) is 2.11. The summed E-state index contributed by atoms with van der Waals surface area (Å²) < 4.78 is 1.40. The molecular formula is C12H13N3O. The number of imidazole rings is 1. The van der Waals surface area contributed by atoms with Gasteiger partial charge in [0.2, 0.25) is 0 Å². The van der Waals surface area contributed by atoms with Gasteiger partial charge >= 0.3 is 6.03 Å². The quantitative estimate of drug-likeness (QED) is 0.794. The number of benzene rings is 1. The molecular weight excluding hydrogens is 202 g/mol. The van der Waals surface area contributed by atoms with Crippen molar-refractivity contribution in [3.63, 3.8) is 0 Å². The second-order valence-corrected chi connectivity index (χ2v) is 3.70. The Morgan fingerprint density at radius 2 is 2.12 bits per heavy atom. The molecule has 0 aliphatic heterocycles. The maximum Gasteiger partial charge on any atom is 0.331 e. The van der Waals surface area contributed by atoms with E-state index in [4.69, 9.17) is 0 Å². The highest BCUT2D eigenvalue weighted by atomic mass is 16.2. The molecule has 0 bridgehead atoms. The predicted molar refractivity (Wildman–Crippen MR) is 62.6 cm³/mol. The SMILES string of the molecule is Cc1ccc(NC(=O)n2ccnc2)cc1C. The zero-order chi connectivity index (χ0) is 11.5. The number of amides is 1. The van der Waals surface area contributed by atoms with Gasteiger partial charge in [0.05, 0.1) is 0 Å². The molecule has 1 N–H and O–H groups in total. The Labute approximate surface area is 93.9 Å². The largest absolute Gasteiger partial charge is 0.331 e. The van der Waals surface area contributed by atoms with Gasteiger partial charge in [0.25, 0.3) is 0 Å². The molecule has 2 rings (SSSR count). The highest BCUT2D eigenvalue weighted by Gasteiger charge is 2.04. The summed E-state index contributed by atoms with van der Waals surface area (Å²) in [5, 5.41) is 2.80. The van der Waals surface area contributed by atoms with Gasteiger partial charge in [0.1, 0.15) is 6.33 Å². The maximum atomic E-state index is 11.7. The molecule has 1 heterocycles. The number of nitrogens with one attached hydrogen (secondary N) is 1. The predicted octanol–water partition coefficient (Wildman–Crippen LogP) is 2.58. The lowest BCUT2D eigenvalue weighted by Gasteiger charge is -2.07. The highest BCUT2D eigenvalue weighted by Crippen LogP contribution is 2.14. The minimum atomic E-state index is -0.208. The lowest BCUT2D eigenvalue weighted by molar-refractivity contribution is 0.253. The molecule has 0 radical (unpaired) electrons. The van der Waals surface area contributed by atoms with Gasteiger partial charge in [-0.05, 0) is 37.1 Å². The topological polar surface area (TPSA) is 46.9 Å². The van der Waals surface area contributed by atoms with Crippen LogP contribution in [0, 0.1) is 13.8 Å².